The van der Waals surface area contributed by atoms with Crippen LogP contribution in [0.3, 0.4) is 0 Å². The molecular weight excluding hydrogens is 670 g/mol. The van der Waals surface area contributed by atoms with E-state index in [-0.39, 0.29) is 17.7 Å². The van der Waals surface area contributed by atoms with Crippen LogP contribution in [0.4, 0.5) is 4.79 Å². The number of cyclic esters (lactones) is 1. The van der Waals surface area contributed by atoms with Gasteiger partial charge in [0.25, 0.3) is 0 Å². The first-order chi connectivity index (χ1) is 24.2. The van der Waals surface area contributed by atoms with Crippen molar-refractivity contribution in [1.82, 2.24) is 4.90 Å². The lowest BCUT2D eigenvalue weighted by molar-refractivity contribution is -0.225. The van der Waals surface area contributed by atoms with Crippen LogP contribution in [-0.4, -0.2) is 93.6 Å². The van der Waals surface area contributed by atoms with Gasteiger partial charge in [-0.2, -0.15) is 0 Å². The zero-order valence-corrected chi connectivity index (χ0v) is 31.8. The first-order valence-electron chi connectivity index (χ1n) is 18.8. The molecule has 12 heteroatoms. The van der Waals surface area contributed by atoms with Crippen molar-refractivity contribution in [3.63, 3.8) is 0 Å². The third-order valence-corrected chi connectivity index (χ3v) is 13.9. The molecule has 12 atom stereocenters. The van der Waals surface area contributed by atoms with Crippen molar-refractivity contribution in [3.05, 3.63) is 34.9 Å². The second-order valence-electron chi connectivity index (χ2n) is 17.7. The van der Waals surface area contributed by atoms with Gasteiger partial charge in [0.15, 0.2) is 11.9 Å². The minimum Gasteiger partial charge on any atom is -0.458 e. The molecule has 4 aliphatic carbocycles. The van der Waals surface area contributed by atoms with E-state index in [2.05, 4.69) is 0 Å². The number of ether oxygens (including phenoxy) is 5. The molecule has 2 saturated carbocycles. The fourth-order valence-electron chi connectivity index (χ4n) is 11.0. The highest BCUT2D eigenvalue weighted by molar-refractivity contribution is 5.98. The molecule has 3 heterocycles. The van der Waals surface area contributed by atoms with Crippen LogP contribution in [0.2, 0.25) is 0 Å². The van der Waals surface area contributed by atoms with Gasteiger partial charge in [-0.1, -0.05) is 25.0 Å². The van der Waals surface area contributed by atoms with E-state index in [1.165, 1.54) is 17.9 Å². The van der Waals surface area contributed by atoms with Gasteiger partial charge in [0.1, 0.15) is 35.1 Å². The third kappa shape index (κ3) is 5.09. The number of carbonyl (C=O) groups excluding carboxylic acids is 5. The molecule has 1 amide bonds. The van der Waals surface area contributed by atoms with Gasteiger partial charge in [-0.3, -0.25) is 14.5 Å². The van der Waals surface area contributed by atoms with Gasteiger partial charge in [-0.05, 0) is 104 Å². The van der Waals surface area contributed by atoms with Crippen molar-refractivity contribution in [2.24, 2.45) is 28.6 Å². The number of rotatable bonds is 5. The molecule has 0 radical (unpaired) electrons. The summed E-state index contributed by atoms with van der Waals surface area (Å²) in [6, 6.07) is -0.825. The molecule has 2 saturated heterocycles. The summed E-state index contributed by atoms with van der Waals surface area (Å²) in [5, 5.41) is 13.2. The molecule has 1 spiro atoms. The summed E-state index contributed by atoms with van der Waals surface area (Å²) in [5.41, 5.74) is -3.09. The van der Waals surface area contributed by atoms with Crippen LogP contribution in [0.25, 0.3) is 0 Å². The number of likely N-dealkylation sites (tertiary alicyclic amines) is 1. The maximum atomic E-state index is 14.2. The maximum Gasteiger partial charge on any atom is 0.411 e. The quantitative estimate of drug-likeness (QED) is 0.178. The number of epoxide rings is 1. The molecule has 4 fully saturated rings. The summed E-state index contributed by atoms with van der Waals surface area (Å²) in [5.74, 6) is -2.86. The number of esters is 3. The first kappa shape index (κ1) is 36.8. The summed E-state index contributed by atoms with van der Waals surface area (Å²) in [4.78, 5) is 67.7. The van der Waals surface area contributed by atoms with Gasteiger partial charge in [0.2, 0.25) is 0 Å². The summed E-state index contributed by atoms with van der Waals surface area (Å²) in [6.07, 6.45) is 4.44. The van der Waals surface area contributed by atoms with E-state index >= 15 is 0 Å². The lowest BCUT2D eigenvalue weighted by atomic mass is 9.42. The van der Waals surface area contributed by atoms with E-state index in [9.17, 15) is 29.1 Å². The Balaban J connectivity index is 1.18. The Morgan fingerprint density at radius 1 is 1.06 bits per heavy atom. The lowest BCUT2D eigenvalue weighted by Gasteiger charge is -2.61. The highest BCUT2D eigenvalue weighted by Crippen LogP contribution is 2.74. The van der Waals surface area contributed by atoms with Crippen LogP contribution in [0.5, 0.6) is 0 Å². The molecule has 52 heavy (non-hydrogen) atoms. The van der Waals surface area contributed by atoms with Gasteiger partial charge in [-0.25, -0.2) is 14.4 Å². The topological polar surface area (TPSA) is 158 Å². The molecule has 12 unspecified atom stereocenters. The van der Waals surface area contributed by atoms with Crippen molar-refractivity contribution in [3.8, 4) is 0 Å². The van der Waals surface area contributed by atoms with Gasteiger partial charge >= 0.3 is 24.0 Å². The number of allylic oxidation sites excluding steroid dienone is 1. The average Bonchev–Trinajstić information content (AvgIpc) is 3.48. The van der Waals surface area contributed by atoms with E-state index in [1.54, 1.807) is 33.8 Å². The molecule has 0 aromatic rings. The second kappa shape index (κ2) is 12.0. The normalized spacial score (nSPS) is 42.6. The monoisotopic (exact) mass is 723 g/mol. The smallest absolute Gasteiger partial charge is 0.411 e. The molecule has 0 bridgehead atoms. The highest BCUT2D eigenvalue weighted by atomic mass is 16.7. The Bertz CT molecular complexity index is 1710. The summed E-state index contributed by atoms with van der Waals surface area (Å²) in [7, 11) is 0. The Morgan fingerprint density at radius 2 is 1.77 bits per heavy atom. The third-order valence-electron chi connectivity index (χ3n) is 13.9. The minimum atomic E-state index is -1.60. The number of hydrogen-bond donors (Lipinski definition) is 1. The van der Waals surface area contributed by atoms with Gasteiger partial charge < -0.3 is 28.8 Å². The summed E-state index contributed by atoms with van der Waals surface area (Å²) in [6.45, 7) is 16.5. The molecule has 1 N–H and O–H groups in total. The number of fused-ring (bicyclic) bond motifs is 4. The van der Waals surface area contributed by atoms with Gasteiger partial charge in [-0.15, -0.1) is 0 Å². The van der Waals surface area contributed by atoms with Crippen LogP contribution in [0.15, 0.2) is 34.9 Å². The number of aliphatic hydroxyl groups is 1. The number of carbonyl (C=O) groups is 5. The highest BCUT2D eigenvalue weighted by Gasteiger charge is 2.83. The standard InChI is InChI=1S/C40H53NO11/c1-20-17-28(49-33(44)21(20)2)22(3)25-18-31(48-23(4)42)39(47)26-19-32-40(51-32)30(13-12-29(43)38(40,9)24(26)14-15-37(25,39)8)50-34(45)27-11-10-16-41(27)35(46)52-36(5,6)7/h12-13,18,22,24,26-28,30-32,47H,10-11,14-17,19H2,1-9H3. The number of amides is 1. The Hall–Kier alpha value is -3.51. The molecule has 0 aromatic carbocycles. The SMILES string of the molecule is CC(=O)OC1C=C(C(C)C2CC(C)=C(C)C(=O)O2)C2(C)CCC3C(CC4OC45C(OC(=O)C4CCCN4C(=O)OC(C)(C)C)C=CC(=O)C35C)C12O. The molecule has 0 aromatic heterocycles. The predicted molar refractivity (Wildman–Crippen MR) is 185 cm³/mol. The summed E-state index contributed by atoms with van der Waals surface area (Å²) < 4.78 is 30.1. The van der Waals surface area contributed by atoms with Gasteiger partial charge in [0, 0.05) is 36.8 Å². The van der Waals surface area contributed by atoms with E-state index in [4.69, 9.17) is 23.7 Å². The zero-order chi connectivity index (χ0) is 37.9. The van der Waals surface area contributed by atoms with Crippen LogP contribution < -0.4 is 0 Å². The van der Waals surface area contributed by atoms with Crippen LogP contribution in [-0.2, 0) is 42.9 Å². The van der Waals surface area contributed by atoms with Crippen molar-refractivity contribution in [2.75, 3.05) is 6.54 Å². The molecule has 284 valence electrons. The van der Waals surface area contributed by atoms with Crippen molar-refractivity contribution in [1.29, 1.82) is 0 Å². The van der Waals surface area contributed by atoms with Crippen molar-refractivity contribution >= 4 is 29.8 Å². The average molecular weight is 724 g/mol. The molecule has 7 rings (SSSR count). The zero-order valence-electron chi connectivity index (χ0n) is 31.8. The van der Waals surface area contributed by atoms with Crippen LogP contribution >= 0.6 is 0 Å². The largest absolute Gasteiger partial charge is 0.458 e. The van der Waals surface area contributed by atoms with E-state index in [1.807, 2.05) is 33.8 Å². The number of hydrogen-bond acceptors (Lipinski definition) is 11. The van der Waals surface area contributed by atoms with E-state index in [0.29, 0.717) is 50.6 Å². The predicted octanol–water partition coefficient (Wildman–Crippen LogP) is 4.91. The molecular formula is C40H53NO11. The fourth-order valence-corrected chi connectivity index (χ4v) is 11.0. The Labute approximate surface area is 305 Å². The van der Waals surface area contributed by atoms with Gasteiger partial charge in [0.05, 0.1) is 11.5 Å². The summed E-state index contributed by atoms with van der Waals surface area (Å²) >= 11 is 0. The van der Waals surface area contributed by atoms with Crippen LogP contribution in [0.1, 0.15) is 101 Å². The second-order valence-corrected chi connectivity index (χ2v) is 17.7. The molecule has 7 aliphatic rings. The van der Waals surface area contributed by atoms with E-state index in [0.717, 1.165) is 11.1 Å². The van der Waals surface area contributed by atoms with Crippen LogP contribution in [0, 0.1) is 28.6 Å². The first-order valence-corrected chi connectivity index (χ1v) is 18.8. The lowest BCUT2D eigenvalue weighted by Crippen LogP contribution is -2.70. The fraction of sp³-hybridized carbons (Fsp3) is 0.725. The number of nitrogens with zero attached hydrogens (tertiary/aromatic N) is 1. The molecule has 3 aliphatic heterocycles. The number of ketones is 1. The van der Waals surface area contributed by atoms with Crippen molar-refractivity contribution < 1.29 is 52.8 Å². The van der Waals surface area contributed by atoms with Crippen molar-refractivity contribution in [2.45, 2.75) is 148 Å². The molecule has 12 nitrogen and oxygen atoms in total. The maximum absolute atomic E-state index is 14.2. The van der Waals surface area contributed by atoms with E-state index < -0.39 is 88.0 Å². The minimum absolute atomic E-state index is 0.171. The Morgan fingerprint density at radius 3 is 2.42 bits per heavy atom. The Kier molecular flexibility index (Phi) is 8.50.